The van der Waals surface area contributed by atoms with Gasteiger partial charge in [-0.15, -0.1) is 23.7 Å². The van der Waals surface area contributed by atoms with E-state index in [2.05, 4.69) is 15.4 Å². The van der Waals surface area contributed by atoms with Crippen LogP contribution in [0.5, 0.6) is 0 Å². The maximum atomic E-state index is 11.5. The van der Waals surface area contributed by atoms with Crippen molar-refractivity contribution in [2.24, 2.45) is 0 Å². The van der Waals surface area contributed by atoms with Crippen LogP contribution in [-0.2, 0) is 26.1 Å². The molecule has 0 aliphatic heterocycles. The van der Waals surface area contributed by atoms with E-state index in [0.717, 1.165) is 16.2 Å². The number of ether oxygens (including phenoxy) is 1. The van der Waals surface area contributed by atoms with Gasteiger partial charge in [0, 0.05) is 18.5 Å². The molecule has 0 radical (unpaired) electrons. The van der Waals surface area contributed by atoms with Crippen molar-refractivity contribution in [1.82, 2.24) is 15.4 Å². The van der Waals surface area contributed by atoms with Gasteiger partial charge in [0.25, 0.3) is 0 Å². The summed E-state index contributed by atoms with van der Waals surface area (Å²) in [5, 5.41) is 5.63. The first-order valence-corrected chi connectivity index (χ1v) is 8.28. The smallest absolute Gasteiger partial charge is 0.249 e. The number of hydrogen-bond acceptors (Lipinski definition) is 6. The van der Waals surface area contributed by atoms with Crippen molar-refractivity contribution in [2.75, 3.05) is 33.9 Å². The molecule has 0 atom stereocenters. The zero-order valence-corrected chi connectivity index (χ0v) is 14.3. The van der Waals surface area contributed by atoms with E-state index in [-0.39, 0.29) is 29.1 Å². The molecule has 0 spiro atoms. The van der Waals surface area contributed by atoms with Gasteiger partial charge in [-0.2, -0.15) is 0 Å². The summed E-state index contributed by atoms with van der Waals surface area (Å²) in [5.41, 5.74) is 0. The molecule has 10 heteroatoms. The topological polar surface area (TPSA) is 96.5 Å². The number of thiophene rings is 1. The predicted molar refractivity (Wildman–Crippen MR) is 84.4 cm³/mol. The molecule has 3 N–H and O–H groups in total. The molecule has 0 saturated carbocycles. The van der Waals surface area contributed by atoms with Crippen LogP contribution in [0.3, 0.4) is 0 Å². The second-order valence-corrected chi connectivity index (χ2v) is 7.16. The average Bonchev–Trinajstić information content (AvgIpc) is 2.91. The van der Waals surface area contributed by atoms with Gasteiger partial charge in [-0.1, -0.05) is 0 Å². The number of hydrogen-bond donors (Lipinski definition) is 3. The fraction of sp³-hybridized carbons (Fsp3) is 0.545. The molecule has 0 aliphatic rings. The Balaban J connectivity index is 0.00000400. The van der Waals surface area contributed by atoms with Crippen LogP contribution in [0, 0.1) is 0 Å². The van der Waals surface area contributed by atoms with Crippen molar-refractivity contribution in [1.29, 1.82) is 0 Å². The van der Waals surface area contributed by atoms with Crippen molar-refractivity contribution < 1.29 is 17.9 Å². The number of sulfonamides is 1. The Morgan fingerprint density at radius 2 is 2.10 bits per heavy atom. The molecule has 122 valence electrons. The highest BCUT2D eigenvalue weighted by Crippen LogP contribution is 2.20. The lowest BCUT2D eigenvalue weighted by molar-refractivity contribution is -0.120. The molecule has 1 aromatic heterocycles. The number of methoxy groups -OCH3 is 1. The predicted octanol–water partition coefficient (Wildman–Crippen LogP) is -0.0698. The van der Waals surface area contributed by atoms with Gasteiger partial charge in [0.1, 0.15) is 4.21 Å². The number of amides is 1. The van der Waals surface area contributed by atoms with Gasteiger partial charge in [0.05, 0.1) is 19.7 Å². The van der Waals surface area contributed by atoms with Crippen LogP contribution in [0.1, 0.15) is 4.88 Å². The molecule has 1 aromatic rings. The number of halogens is 1. The molecule has 7 nitrogen and oxygen atoms in total. The maximum Gasteiger partial charge on any atom is 0.249 e. The molecule has 0 aliphatic carbocycles. The number of carbonyl (C=O) groups excluding carboxylic acids is 1. The third-order valence-electron chi connectivity index (χ3n) is 2.40. The van der Waals surface area contributed by atoms with Crippen molar-refractivity contribution >= 4 is 39.7 Å². The van der Waals surface area contributed by atoms with E-state index in [9.17, 15) is 13.2 Å². The lowest BCUT2D eigenvalue weighted by atomic mass is 10.4. The summed E-state index contributed by atoms with van der Waals surface area (Å²) in [7, 11) is -0.451. The van der Waals surface area contributed by atoms with Crippen LogP contribution in [-0.4, -0.2) is 48.2 Å². The summed E-state index contributed by atoms with van der Waals surface area (Å²) in [6, 6.07) is 3.21. The van der Waals surface area contributed by atoms with Gasteiger partial charge in [-0.05, 0) is 19.2 Å². The fourth-order valence-corrected chi connectivity index (χ4v) is 3.46. The Labute approximate surface area is 134 Å². The van der Waals surface area contributed by atoms with Gasteiger partial charge in [0.15, 0.2) is 0 Å². The van der Waals surface area contributed by atoms with Gasteiger partial charge in [-0.25, -0.2) is 13.1 Å². The summed E-state index contributed by atoms with van der Waals surface area (Å²) in [6.45, 7) is 1.67. The minimum atomic E-state index is -3.41. The van der Waals surface area contributed by atoms with Gasteiger partial charge < -0.3 is 15.4 Å². The Morgan fingerprint density at radius 3 is 2.71 bits per heavy atom. The highest BCUT2D eigenvalue weighted by atomic mass is 35.5. The van der Waals surface area contributed by atoms with E-state index in [0.29, 0.717) is 19.7 Å². The number of nitrogens with one attached hydrogen (secondary N) is 3. The minimum Gasteiger partial charge on any atom is -0.383 e. The van der Waals surface area contributed by atoms with Crippen molar-refractivity contribution in [3.8, 4) is 0 Å². The van der Waals surface area contributed by atoms with Crippen LogP contribution < -0.4 is 15.4 Å². The molecular formula is C11H20ClN3O4S2. The van der Waals surface area contributed by atoms with Crippen LogP contribution in [0.15, 0.2) is 16.3 Å². The van der Waals surface area contributed by atoms with E-state index in [1.54, 1.807) is 13.2 Å². The molecule has 1 amide bonds. The number of rotatable bonds is 9. The zero-order chi connectivity index (χ0) is 15.0. The summed E-state index contributed by atoms with van der Waals surface area (Å²) in [4.78, 5) is 12.3. The molecule has 21 heavy (non-hydrogen) atoms. The molecule has 0 aromatic carbocycles. The van der Waals surface area contributed by atoms with Crippen LogP contribution in [0.4, 0.5) is 0 Å². The second kappa shape index (κ2) is 10.1. The molecule has 1 rings (SSSR count). The zero-order valence-electron chi connectivity index (χ0n) is 11.8. The monoisotopic (exact) mass is 357 g/mol. The summed E-state index contributed by atoms with van der Waals surface area (Å²) in [5.74, 6) is -0.146. The van der Waals surface area contributed by atoms with Crippen molar-refractivity contribution in [3.63, 3.8) is 0 Å². The molecule has 0 fully saturated rings. The molecule has 1 heterocycles. The summed E-state index contributed by atoms with van der Waals surface area (Å²) in [6.07, 6.45) is 0. The Kier molecular flexibility index (Phi) is 9.75. The van der Waals surface area contributed by atoms with Gasteiger partial charge in [-0.3, -0.25) is 4.79 Å². The SMILES string of the molecule is CNS(=O)(=O)c1ccc(CNC(=O)CNCCOC)s1.Cl. The quantitative estimate of drug-likeness (QED) is 0.538. The third kappa shape index (κ3) is 7.21. The number of carbonyl (C=O) groups is 1. The largest absolute Gasteiger partial charge is 0.383 e. The molecule has 0 saturated heterocycles. The van der Waals surface area contributed by atoms with E-state index < -0.39 is 10.0 Å². The lowest BCUT2D eigenvalue weighted by Gasteiger charge is -2.05. The Bertz CT molecular complexity index is 533. The van der Waals surface area contributed by atoms with E-state index >= 15 is 0 Å². The van der Waals surface area contributed by atoms with Gasteiger partial charge >= 0.3 is 0 Å². The van der Waals surface area contributed by atoms with E-state index in [4.69, 9.17) is 4.74 Å². The average molecular weight is 358 g/mol. The molecule has 0 unspecified atom stereocenters. The summed E-state index contributed by atoms with van der Waals surface area (Å²) < 4.78 is 30.4. The third-order valence-corrected chi connectivity index (χ3v) is 5.39. The first-order valence-electron chi connectivity index (χ1n) is 5.98. The fourth-order valence-electron chi connectivity index (χ4n) is 1.32. The van der Waals surface area contributed by atoms with Crippen molar-refractivity contribution in [3.05, 3.63) is 17.0 Å². The molecule has 0 bridgehead atoms. The van der Waals surface area contributed by atoms with Crippen LogP contribution in [0.25, 0.3) is 0 Å². The maximum absolute atomic E-state index is 11.5. The standard InChI is InChI=1S/C11H19N3O4S2.ClH/c1-12-20(16,17)11-4-3-9(19-11)7-14-10(15)8-13-5-6-18-2;/h3-4,12-13H,5-8H2,1-2H3,(H,14,15);1H. The first kappa shape index (κ1) is 20.3. The Morgan fingerprint density at radius 1 is 1.38 bits per heavy atom. The lowest BCUT2D eigenvalue weighted by Crippen LogP contribution is -2.34. The van der Waals surface area contributed by atoms with E-state index in [1.165, 1.54) is 13.1 Å². The first-order chi connectivity index (χ1) is 9.49. The normalized spacial score (nSPS) is 11.0. The summed E-state index contributed by atoms with van der Waals surface area (Å²) >= 11 is 1.13. The van der Waals surface area contributed by atoms with Crippen LogP contribution in [0.2, 0.25) is 0 Å². The van der Waals surface area contributed by atoms with E-state index in [1.807, 2.05) is 0 Å². The highest BCUT2D eigenvalue weighted by molar-refractivity contribution is 7.91. The van der Waals surface area contributed by atoms with Crippen LogP contribution >= 0.6 is 23.7 Å². The highest BCUT2D eigenvalue weighted by Gasteiger charge is 2.14. The second-order valence-electron chi connectivity index (χ2n) is 3.87. The van der Waals surface area contributed by atoms with Crippen molar-refractivity contribution in [2.45, 2.75) is 10.8 Å². The Hall–Kier alpha value is -0.710. The van der Waals surface area contributed by atoms with Gasteiger partial charge in [0.2, 0.25) is 15.9 Å². The minimum absolute atomic E-state index is 0. The molecular weight excluding hydrogens is 338 g/mol.